The minimum atomic E-state index is -0.904. The fraction of sp³-hybridized carbons (Fsp3) is 0.600. The molecule has 1 aliphatic heterocycles. The van der Waals surface area contributed by atoms with Gasteiger partial charge in [0.2, 0.25) is 5.82 Å². The summed E-state index contributed by atoms with van der Waals surface area (Å²) in [4.78, 5) is 0. The molecule has 2 saturated carbocycles. The van der Waals surface area contributed by atoms with E-state index in [4.69, 9.17) is 9.47 Å². The predicted octanol–water partition coefficient (Wildman–Crippen LogP) is 9.87. The molecular weight excluding hydrogens is 490 g/mol. The standard InChI is InChI=1S/C35H46F2O2/c1-3-5-24-6-8-29(9-7-24)32-20-18-30(23-39-32)27-12-10-25(11-13-27)26-14-16-28(17-15-26)31-19-21-33(38-22-4-2)35(37)34(31)36/h3,5,14-17,19,21,24-25,27,29-30,32H,4,6-13,18,20,22-23H2,1-2H3/b5-3+. The van der Waals surface area contributed by atoms with Crippen molar-refractivity contribution < 1.29 is 18.3 Å². The third-order valence-electron chi connectivity index (χ3n) is 9.79. The number of ether oxygens (including phenoxy) is 2. The van der Waals surface area contributed by atoms with Crippen LogP contribution < -0.4 is 4.74 Å². The Morgan fingerprint density at radius 2 is 1.49 bits per heavy atom. The lowest BCUT2D eigenvalue weighted by Gasteiger charge is -2.41. The van der Waals surface area contributed by atoms with Crippen LogP contribution in [0.2, 0.25) is 0 Å². The molecule has 2 nitrogen and oxygen atoms in total. The Bertz CT molecular complexity index is 1070. The van der Waals surface area contributed by atoms with E-state index in [0.717, 1.165) is 30.8 Å². The normalized spacial score (nSPS) is 29.9. The fourth-order valence-corrected chi connectivity index (χ4v) is 7.45. The molecule has 39 heavy (non-hydrogen) atoms. The van der Waals surface area contributed by atoms with Gasteiger partial charge in [-0.1, -0.05) is 43.3 Å². The van der Waals surface area contributed by atoms with Crippen molar-refractivity contribution in [3.05, 3.63) is 65.7 Å². The second kappa shape index (κ2) is 13.4. The Morgan fingerprint density at radius 1 is 0.795 bits per heavy atom. The molecule has 0 bridgehead atoms. The monoisotopic (exact) mass is 536 g/mol. The molecule has 1 heterocycles. The summed E-state index contributed by atoms with van der Waals surface area (Å²) >= 11 is 0. The lowest BCUT2D eigenvalue weighted by atomic mass is 9.71. The summed E-state index contributed by atoms with van der Waals surface area (Å²) in [5.41, 5.74) is 2.30. The third-order valence-corrected chi connectivity index (χ3v) is 9.79. The van der Waals surface area contributed by atoms with E-state index in [9.17, 15) is 8.78 Å². The number of hydrogen-bond acceptors (Lipinski definition) is 2. The fourth-order valence-electron chi connectivity index (χ4n) is 7.45. The van der Waals surface area contributed by atoms with Gasteiger partial charge in [-0.25, -0.2) is 4.39 Å². The minimum absolute atomic E-state index is 0.0161. The first kappa shape index (κ1) is 28.3. The molecule has 1 saturated heterocycles. The van der Waals surface area contributed by atoms with Crippen molar-refractivity contribution in [2.75, 3.05) is 13.2 Å². The smallest absolute Gasteiger partial charge is 0.201 e. The summed E-state index contributed by atoms with van der Waals surface area (Å²) in [7, 11) is 0. The zero-order valence-electron chi connectivity index (χ0n) is 23.8. The molecule has 2 unspecified atom stereocenters. The highest BCUT2D eigenvalue weighted by atomic mass is 19.2. The first-order valence-electron chi connectivity index (χ1n) is 15.5. The summed E-state index contributed by atoms with van der Waals surface area (Å²) in [6, 6.07) is 11.2. The van der Waals surface area contributed by atoms with Crippen LogP contribution in [0.15, 0.2) is 48.6 Å². The van der Waals surface area contributed by atoms with Crippen molar-refractivity contribution in [1.82, 2.24) is 0 Å². The van der Waals surface area contributed by atoms with Crippen molar-refractivity contribution in [2.45, 2.75) is 96.5 Å². The van der Waals surface area contributed by atoms with Crippen LogP contribution in [0.3, 0.4) is 0 Å². The Kier molecular flexibility index (Phi) is 9.76. The number of rotatable bonds is 8. The number of benzene rings is 2. The second-order valence-electron chi connectivity index (χ2n) is 12.2. The molecule has 0 amide bonds. The number of allylic oxidation sites excluding steroid dienone is 2. The van der Waals surface area contributed by atoms with Crippen LogP contribution in [0.25, 0.3) is 11.1 Å². The molecule has 0 N–H and O–H groups in total. The Morgan fingerprint density at radius 3 is 2.13 bits per heavy atom. The molecule has 2 aliphatic carbocycles. The molecule has 0 spiro atoms. The zero-order chi connectivity index (χ0) is 27.2. The van der Waals surface area contributed by atoms with E-state index in [2.05, 4.69) is 31.2 Å². The lowest BCUT2D eigenvalue weighted by Crippen LogP contribution is -2.37. The lowest BCUT2D eigenvalue weighted by molar-refractivity contribution is -0.0721. The van der Waals surface area contributed by atoms with Crippen LogP contribution in [-0.2, 0) is 4.74 Å². The molecule has 0 aromatic heterocycles. The van der Waals surface area contributed by atoms with E-state index in [1.165, 1.54) is 75.8 Å². The van der Waals surface area contributed by atoms with E-state index in [1.807, 2.05) is 19.1 Å². The van der Waals surface area contributed by atoms with Crippen LogP contribution in [0, 0.1) is 35.3 Å². The molecule has 3 aliphatic rings. The largest absolute Gasteiger partial charge is 0.490 e. The minimum Gasteiger partial charge on any atom is -0.490 e. The van der Waals surface area contributed by atoms with Crippen molar-refractivity contribution >= 4 is 0 Å². The van der Waals surface area contributed by atoms with Gasteiger partial charge in [0.25, 0.3) is 0 Å². The maximum Gasteiger partial charge on any atom is 0.201 e. The van der Waals surface area contributed by atoms with Gasteiger partial charge in [-0.15, -0.1) is 0 Å². The number of halogens is 2. The van der Waals surface area contributed by atoms with Gasteiger partial charge in [0.05, 0.1) is 19.3 Å². The van der Waals surface area contributed by atoms with Crippen molar-refractivity contribution in [1.29, 1.82) is 0 Å². The van der Waals surface area contributed by atoms with Crippen molar-refractivity contribution in [3.8, 4) is 16.9 Å². The van der Waals surface area contributed by atoms with Gasteiger partial charge < -0.3 is 9.47 Å². The molecule has 5 rings (SSSR count). The van der Waals surface area contributed by atoms with E-state index in [-0.39, 0.29) is 11.3 Å². The van der Waals surface area contributed by atoms with Crippen molar-refractivity contribution in [2.24, 2.45) is 23.7 Å². The van der Waals surface area contributed by atoms with Gasteiger partial charge in [0, 0.05) is 5.56 Å². The summed E-state index contributed by atoms with van der Waals surface area (Å²) in [5.74, 6) is 1.83. The van der Waals surface area contributed by atoms with Crippen LogP contribution in [0.4, 0.5) is 8.78 Å². The third kappa shape index (κ3) is 6.76. The topological polar surface area (TPSA) is 18.5 Å². The maximum absolute atomic E-state index is 14.8. The van der Waals surface area contributed by atoms with Crippen LogP contribution in [0.1, 0.15) is 96.0 Å². The molecule has 3 fully saturated rings. The Hall–Kier alpha value is -2.20. The average molecular weight is 537 g/mol. The van der Waals surface area contributed by atoms with Gasteiger partial charge in [0.15, 0.2) is 11.6 Å². The van der Waals surface area contributed by atoms with Gasteiger partial charge >= 0.3 is 0 Å². The Labute approximate surface area is 234 Å². The zero-order valence-corrected chi connectivity index (χ0v) is 23.8. The van der Waals surface area contributed by atoms with Crippen LogP contribution in [0.5, 0.6) is 5.75 Å². The quantitative estimate of drug-likeness (QED) is 0.313. The highest BCUT2D eigenvalue weighted by Gasteiger charge is 2.35. The number of hydrogen-bond donors (Lipinski definition) is 0. The average Bonchev–Trinajstić information content (AvgIpc) is 2.99. The first-order valence-corrected chi connectivity index (χ1v) is 15.5. The highest BCUT2D eigenvalue weighted by Crippen LogP contribution is 2.43. The summed E-state index contributed by atoms with van der Waals surface area (Å²) in [6.45, 7) is 5.40. The molecule has 2 aromatic rings. The molecule has 212 valence electrons. The van der Waals surface area contributed by atoms with E-state index in [0.29, 0.717) is 30.1 Å². The summed E-state index contributed by atoms with van der Waals surface area (Å²) < 4.78 is 41.1. The van der Waals surface area contributed by atoms with Gasteiger partial charge in [-0.05, 0) is 130 Å². The molecule has 2 aromatic carbocycles. The van der Waals surface area contributed by atoms with Gasteiger partial charge in [0.1, 0.15) is 0 Å². The maximum atomic E-state index is 14.8. The Balaban J connectivity index is 1.10. The summed E-state index contributed by atoms with van der Waals surface area (Å²) in [5, 5.41) is 0. The van der Waals surface area contributed by atoms with Crippen molar-refractivity contribution in [3.63, 3.8) is 0 Å². The SMILES string of the molecule is C/C=C/C1CCC(C2CCC(C3CCC(c4ccc(-c5ccc(OCCC)c(F)c5F)cc4)CC3)CO2)CC1. The molecule has 2 atom stereocenters. The van der Waals surface area contributed by atoms with Crippen LogP contribution in [-0.4, -0.2) is 19.3 Å². The van der Waals surface area contributed by atoms with E-state index >= 15 is 0 Å². The van der Waals surface area contributed by atoms with E-state index in [1.54, 1.807) is 6.07 Å². The van der Waals surface area contributed by atoms with E-state index < -0.39 is 11.6 Å². The second-order valence-corrected chi connectivity index (χ2v) is 12.2. The molecule has 0 radical (unpaired) electrons. The molecular formula is C35H46F2O2. The predicted molar refractivity (Wildman–Crippen MR) is 155 cm³/mol. The van der Waals surface area contributed by atoms with Gasteiger partial charge in [-0.2, -0.15) is 4.39 Å². The highest BCUT2D eigenvalue weighted by molar-refractivity contribution is 5.65. The molecule has 4 heteroatoms. The summed E-state index contributed by atoms with van der Waals surface area (Å²) in [6.07, 6.45) is 18.6. The first-order chi connectivity index (χ1) is 19.1. The van der Waals surface area contributed by atoms with Gasteiger partial charge in [-0.3, -0.25) is 0 Å². The van der Waals surface area contributed by atoms with Crippen LogP contribution >= 0.6 is 0 Å².